The maximum absolute atomic E-state index is 13.3. The first kappa shape index (κ1) is 17.2. The summed E-state index contributed by atoms with van der Waals surface area (Å²) >= 11 is 0. The van der Waals surface area contributed by atoms with Gasteiger partial charge in [-0.2, -0.15) is 0 Å². The molecule has 0 spiro atoms. The number of rotatable bonds is 4. The second-order valence-corrected chi connectivity index (χ2v) is 6.16. The molecule has 0 aromatic heterocycles. The third-order valence-electron chi connectivity index (χ3n) is 4.45. The SMILES string of the molecule is Cc1ccc(F)cc1NCC(=O)N1CCN(c2ccc(F)cc2)CC1. The lowest BCUT2D eigenvalue weighted by atomic mass is 10.2. The van der Waals surface area contributed by atoms with Crippen molar-refractivity contribution in [3.63, 3.8) is 0 Å². The summed E-state index contributed by atoms with van der Waals surface area (Å²) in [6, 6.07) is 10.9. The lowest BCUT2D eigenvalue weighted by molar-refractivity contribution is -0.129. The molecule has 1 N–H and O–H groups in total. The molecule has 0 bridgehead atoms. The monoisotopic (exact) mass is 345 g/mol. The molecule has 1 saturated heterocycles. The second-order valence-electron chi connectivity index (χ2n) is 6.16. The predicted molar refractivity (Wildman–Crippen MR) is 94.8 cm³/mol. The third kappa shape index (κ3) is 4.26. The summed E-state index contributed by atoms with van der Waals surface area (Å²) in [7, 11) is 0. The Balaban J connectivity index is 1.51. The van der Waals surface area contributed by atoms with Gasteiger partial charge in [-0.3, -0.25) is 4.79 Å². The fraction of sp³-hybridized carbons (Fsp3) is 0.316. The summed E-state index contributed by atoms with van der Waals surface area (Å²) in [5.41, 5.74) is 2.50. The molecule has 1 amide bonds. The molecular formula is C19H21F2N3O. The molecule has 0 saturated carbocycles. The van der Waals surface area contributed by atoms with Crippen molar-refractivity contribution in [1.82, 2.24) is 4.90 Å². The van der Waals surface area contributed by atoms with Crippen molar-refractivity contribution in [1.29, 1.82) is 0 Å². The van der Waals surface area contributed by atoms with Crippen LogP contribution in [-0.4, -0.2) is 43.5 Å². The van der Waals surface area contributed by atoms with Crippen LogP contribution < -0.4 is 10.2 Å². The van der Waals surface area contributed by atoms with Gasteiger partial charge in [0.05, 0.1) is 6.54 Å². The van der Waals surface area contributed by atoms with E-state index in [1.54, 1.807) is 23.1 Å². The summed E-state index contributed by atoms with van der Waals surface area (Å²) in [5.74, 6) is -0.591. The molecule has 0 unspecified atom stereocenters. The van der Waals surface area contributed by atoms with Gasteiger partial charge in [0.1, 0.15) is 11.6 Å². The summed E-state index contributed by atoms with van der Waals surface area (Å²) in [6.45, 7) is 4.64. The number of hydrogen-bond donors (Lipinski definition) is 1. The number of amides is 1. The first-order valence-electron chi connectivity index (χ1n) is 8.31. The van der Waals surface area contributed by atoms with E-state index in [4.69, 9.17) is 0 Å². The van der Waals surface area contributed by atoms with E-state index in [9.17, 15) is 13.6 Å². The fourth-order valence-electron chi connectivity index (χ4n) is 2.93. The standard InChI is InChI=1S/C19H21F2N3O/c1-14-2-3-16(21)12-18(14)22-13-19(25)24-10-8-23(9-11-24)17-6-4-15(20)5-7-17/h2-7,12,22H,8-11,13H2,1H3. The van der Waals surface area contributed by atoms with Crippen LogP contribution >= 0.6 is 0 Å². The molecule has 0 radical (unpaired) electrons. The number of nitrogens with zero attached hydrogens (tertiary/aromatic N) is 2. The van der Waals surface area contributed by atoms with Crippen LogP contribution in [0.1, 0.15) is 5.56 Å². The molecule has 1 aliphatic heterocycles. The third-order valence-corrected chi connectivity index (χ3v) is 4.45. The summed E-state index contributed by atoms with van der Waals surface area (Å²) in [5, 5.41) is 3.01. The average Bonchev–Trinajstić information content (AvgIpc) is 2.63. The van der Waals surface area contributed by atoms with Gasteiger partial charge in [0.25, 0.3) is 0 Å². The lowest BCUT2D eigenvalue weighted by Gasteiger charge is -2.36. The second kappa shape index (κ2) is 7.51. The van der Waals surface area contributed by atoms with E-state index in [1.807, 2.05) is 6.92 Å². The number of halogens is 2. The van der Waals surface area contributed by atoms with Gasteiger partial charge in [0.2, 0.25) is 5.91 Å². The van der Waals surface area contributed by atoms with Gasteiger partial charge >= 0.3 is 0 Å². The first-order valence-corrected chi connectivity index (χ1v) is 8.31. The molecule has 0 atom stereocenters. The normalized spacial score (nSPS) is 14.5. The van der Waals surface area contributed by atoms with Gasteiger partial charge in [0, 0.05) is 37.6 Å². The molecule has 4 nitrogen and oxygen atoms in total. The first-order chi connectivity index (χ1) is 12.0. The Kier molecular flexibility index (Phi) is 5.16. The number of hydrogen-bond acceptors (Lipinski definition) is 3. The van der Waals surface area contributed by atoms with Crippen LogP contribution in [0.25, 0.3) is 0 Å². The average molecular weight is 345 g/mol. The highest BCUT2D eigenvalue weighted by molar-refractivity contribution is 5.81. The van der Waals surface area contributed by atoms with E-state index < -0.39 is 0 Å². The van der Waals surface area contributed by atoms with Gasteiger partial charge in [0.15, 0.2) is 0 Å². The minimum atomic E-state index is -0.325. The van der Waals surface area contributed by atoms with Crippen LogP contribution in [0.3, 0.4) is 0 Å². The van der Waals surface area contributed by atoms with E-state index in [-0.39, 0.29) is 24.1 Å². The van der Waals surface area contributed by atoms with Crippen LogP contribution in [-0.2, 0) is 4.79 Å². The van der Waals surface area contributed by atoms with Crippen molar-refractivity contribution < 1.29 is 13.6 Å². The van der Waals surface area contributed by atoms with E-state index in [0.717, 1.165) is 11.3 Å². The van der Waals surface area contributed by atoms with Crippen molar-refractivity contribution in [2.75, 3.05) is 42.9 Å². The highest BCUT2D eigenvalue weighted by Gasteiger charge is 2.21. The number of anilines is 2. The zero-order valence-corrected chi connectivity index (χ0v) is 14.1. The maximum Gasteiger partial charge on any atom is 0.241 e. The smallest absolute Gasteiger partial charge is 0.241 e. The van der Waals surface area contributed by atoms with Crippen LogP contribution in [0.5, 0.6) is 0 Å². The Labute approximate surface area is 146 Å². The largest absolute Gasteiger partial charge is 0.376 e. The summed E-state index contributed by atoms with van der Waals surface area (Å²) in [4.78, 5) is 16.3. The van der Waals surface area contributed by atoms with Gasteiger partial charge < -0.3 is 15.1 Å². The Hall–Kier alpha value is -2.63. The van der Waals surface area contributed by atoms with Crippen molar-refractivity contribution in [3.05, 3.63) is 59.7 Å². The van der Waals surface area contributed by atoms with Crippen LogP contribution in [0.15, 0.2) is 42.5 Å². The molecule has 3 rings (SSSR count). The molecular weight excluding hydrogens is 324 g/mol. The van der Waals surface area contributed by atoms with E-state index in [0.29, 0.717) is 31.9 Å². The molecule has 2 aromatic rings. The summed E-state index contributed by atoms with van der Waals surface area (Å²) < 4.78 is 26.3. The lowest BCUT2D eigenvalue weighted by Crippen LogP contribution is -2.50. The number of nitrogens with one attached hydrogen (secondary N) is 1. The fourth-order valence-corrected chi connectivity index (χ4v) is 2.93. The minimum absolute atomic E-state index is 0.0117. The van der Waals surface area contributed by atoms with E-state index >= 15 is 0 Å². The Morgan fingerprint density at radius 1 is 1.00 bits per heavy atom. The number of piperazine rings is 1. The van der Waals surface area contributed by atoms with Crippen molar-refractivity contribution in [2.24, 2.45) is 0 Å². The van der Waals surface area contributed by atoms with Gasteiger partial charge in [-0.25, -0.2) is 8.78 Å². The molecule has 132 valence electrons. The van der Waals surface area contributed by atoms with Gasteiger partial charge in [-0.15, -0.1) is 0 Å². The Bertz CT molecular complexity index is 741. The van der Waals surface area contributed by atoms with Crippen LogP contribution in [0.4, 0.5) is 20.2 Å². The zero-order valence-electron chi connectivity index (χ0n) is 14.1. The highest BCUT2D eigenvalue weighted by Crippen LogP contribution is 2.18. The minimum Gasteiger partial charge on any atom is -0.376 e. The number of aryl methyl sites for hydroxylation is 1. The van der Waals surface area contributed by atoms with Gasteiger partial charge in [-0.05, 0) is 48.9 Å². The highest BCUT2D eigenvalue weighted by atomic mass is 19.1. The molecule has 25 heavy (non-hydrogen) atoms. The zero-order chi connectivity index (χ0) is 17.8. The Morgan fingerprint density at radius 3 is 2.32 bits per heavy atom. The molecule has 0 aliphatic carbocycles. The number of carbonyl (C=O) groups excluding carboxylic acids is 1. The maximum atomic E-state index is 13.3. The van der Waals surface area contributed by atoms with Crippen LogP contribution in [0, 0.1) is 18.6 Å². The van der Waals surface area contributed by atoms with Crippen molar-refractivity contribution in [2.45, 2.75) is 6.92 Å². The molecule has 1 aliphatic rings. The molecule has 1 fully saturated rings. The number of benzene rings is 2. The Morgan fingerprint density at radius 2 is 1.64 bits per heavy atom. The van der Waals surface area contributed by atoms with E-state index in [2.05, 4.69) is 10.2 Å². The molecule has 1 heterocycles. The quantitative estimate of drug-likeness (QED) is 0.925. The predicted octanol–water partition coefficient (Wildman–Crippen LogP) is 3.03. The topological polar surface area (TPSA) is 35.6 Å². The van der Waals surface area contributed by atoms with Gasteiger partial charge in [-0.1, -0.05) is 6.07 Å². The van der Waals surface area contributed by atoms with Crippen molar-refractivity contribution >= 4 is 17.3 Å². The molecule has 6 heteroatoms. The van der Waals surface area contributed by atoms with E-state index in [1.165, 1.54) is 24.3 Å². The van der Waals surface area contributed by atoms with Crippen molar-refractivity contribution in [3.8, 4) is 0 Å². The molecule has 2 aromatic carbocycles. The van der Waals surface area contributed by atoms with Crippen LogP contribution in [0.2, 0.25) is 0 Å². The number of carbonyl (C=O) groups is 1. The summed E-state index contributed by atoms with van der Waals surface area (Å²) in [6.07, 6.45) is 0.